The molecule has 0 aliphatic heterocycles. The summed E-state index contributed by atoms with van der Waals surface area (Å²) in [6.07, 6.45) is 2.00. The normalized spacial score (nSPS) is 9.78. The molecule has 4 heteroatoms. The maximum Gasteiger partial charge on any atom is 0.224 e. The molecule has 0 bridgehead atoms. The summed E-state index contributed by atoms with van der Waals surface area (Å²) in [5.41, 5.74) is 2.74. The van der Waals surface area contributed by atoms with Crippen LogP contribution in [0, 0.1) is 11.8 Å². The summed E-state index contributed by atoms with van der Waals surface area (Å²) in [7, 11) is 0. The molecule has 0 saturated heterocycles. The second-order valence-electron chi connectivity index (χ2n) is 5.88. The van der Waals surface area contributed by atoms with Crippen molar-refractivity contribution in [3.05, 3.63) is 95.8 Å². The Morgan fingerprint density at radius 3 is 2.44 bits per heavy atom. The lowest BCUT2D eigenvalue weighted by atomic mass is 10.1. The number of carbonyl (C=O) groups excluding carboxylic acids is 2. The summed E-state index contributed by atoms with van der Waals surface area (Å²) in [4.78, 5) is 28.4. The first-order valence-electron chi connectivity index (χ1n) is 8.62. The highest BCUT2D eigenvalue weighted by atomic mass is 16.2. The predicted octanol–water partition coefficient (Wildman–Crippen LogP) is 4.08. The molecule has 0 unspecified atom stereocenters. The molecule has 0 radical (unpaired) electrons. The lowest BCUT2D eigenvalue weighted by Gasteiger charge is -2.05. The van der Waals surface area contributed by atoms with Crippen molar-refractivity contribution in [2.75, 3.05) is 5.32 Å². The van der Waals surface area contributed by atoms with Gasteiger partial charge >= 0.3 is 0 Å². The number of rotatable bonds is 5. The number of benzene rings is 2. The number of ketones is 1. The number of nitrogens with zero attached hydrogens (tertiary/aromatic N) is 1. The minimum absolute atomic E-state index is 0.0410. The van der Waals surface area contributed by atoms with E-state index >= 15 is 0 Å². The third-order valence-electron chi connectivity index (χ3n) is 3.82. The fourth-order valence-electron chi connectivity index (χ4n) is 2.47. The molecular formula is C23H18N2O2. The number of hydrogen-bond donors (Lipinski definition) is 1. The van der Waals surface area contributed by atoms with Crippen molar-refractivity contribution in [2.24, 2.45) is 0 Å². The Morgan fingerprint density at radius 1 is 0.852 bits per heavy atom. The topological polar surface area (TPSA) is 59.1 Å². The number of hydrogen-bond acceptors (Lipinski definition) is 3. The van der Waals surface area contributed by atoms with Gasteiger partial charge in [-0.1, -0.05) is 48.4 Å². The molecule has 27 heavy (non-hydrogen) atoms. The van der Waals surface area contributed by atoms with Gasteiger partial charge in [-0.25, -0.2) is 4.98 Å². The Balaban J connectivity index is 1.57. The van der Waals surface area contributed by atoms with E-state index in [4.69, 9.17) is 0 Å². The van der Waals surface area contributed by atoms with E-state index in [1.807, 2.05) is 48.5 Å². The van der Waals surface area contributed by atoms with Gasteiger partial charge in [0.25, 0.3) is 0 Å². The summed E-state index contributed by atoms with van der Waals surface area (Å²) in [5.74, 6) is 5.77. The molecule has 1 N–H and O–H groups in total. The van der Waals surface area contributed by atoms with Gasteiger partial charge in [-0.05, 0) is 36.3 Å². The number of nitrogens with one attached hydrogen (secondary N) is 1. The van der Waals surface area contributed by atoms with Gasteiger partial charge in [0.2, 0.25) is 5.91 Å². The molecule has 0 aliphatic carbocycles. The Morgan fingerprint density at radius 2 is 1.67 bits per heavy atom. The van der Waals surface area contributed by atoms with Gasteiger partial charge < -0.3 is 5.32 Å². The van der Waals surface area contributed by atoms with Crippen LogP contribution >= 0.6 is 0 Å². The van der Waals surface area contributed by atoms with Crippen molar-refractivity contribution in [3.63, 3.8) is 0 Å². The van der Waals surface area contributed by atoms with Crippen LogP contribution in [-0.4, -0.2) is 16.7 Å². The van der Waals surface area contributed by atoms with E-state index in [0.29, 0.717) is 16.9 Å². The molecule has 4 nitrogen and oxygen atoms in total. The fourth-order valence-corrected chi connectivity index (χ4v) is 2.47. The largest absolute Gasteiger partial charge is 0.326 e. The molecule has 3 rings (SSSR count). The summed E-state index contributed by atoms with van der Waals surface area (Å²) < 4.78 is 0. The molecule has 1 heterocycles. The third-order valence-corrected chi connectivity index (χ3v) is 3.82. The zero-order valence-corrected chi connectivity index (χ0v) is 14.7. The standard InChI is InChI=1S/C23H18N2O2/c26-22(19-8-2-1-3-9-19)14-15-23(27)25-21-11-6-7-18(17-21)12-13-20-10-4-5-16-24-20/h1-11,16-17H,14-15H2,(H,25,27). The molecule has 0 spiro atoms. The Bertz CT molecular complexity index is 987. The van der Waals surface area contributed by atoms with E-state index in [1.165, 1.54) is 0 Å². The van der Waals surface area contributed by atoms with E-state index in [1.54, 1.807) is 30.5 Å². The van der Waals surface area contributed by atoms with Crippen LogP contribution in [0.4, 0.5) is 5.69 Å². The maximum atomic E-state index is 12.1. The number of pyridine rings is 1. The first kappa shape index (κ1) is 18.1. The third kappa shape index (κ3) is 5.65. The van der Waals surface area contributed by atoms with E-state index in [0.717, 1.165) is 5.56 Å². The van der Waals surface area contributed by atoms with Gasteiger partial charge in [-0.15, -0.1) is 0 Å². The summed E-state index contributed by atoms with van der Waals surface area (Å²) in [6, 6.07) is 21.8. The van der Waals surface area contributed by atoms with Crippen molar-refractivity contribution in [1.29, 1.82) is 0 Å². The van der Waals surface area contributed by atoms with Gasteiger partial charge in [-0.2, -0.15) is 0 Å². The van der Waals surface area contributed by atoms with Crippen molar-refractivity contribution < 1.29 is 9.59 Å². The lowest BCUT2D eigenvalue weighted by Crippen LogP contribution is -2.13. The van der Waals surface area contributed by atoms with Crippen LogP contribution in [0.25, 0.3) is 0 Å². The van der Waals surface area contributed by atoms with Crippen molar-refractivity contribution in [2.45, 2.75) is 12.8 Å². The summed E-state index contributed by atoms with van der Waals surface area (Å²) in [5, 5.41) is 2.81. The van der Waals surface area contributed by atoms with Crippen LogP contribution in [0.5, 0.6) is 0 Å². The first-order valence-corrected chi connectivity index (χ1v) is 8.62. The number of aromatic nitrogens is 1. The number of Topliss-reactive ketones (excluding diaryl/α,β-unsaturated/α-hetero) is 1. The van der Waals surface area contributed by atoms with Crippen LogP contribution in [0.1, 0.15) is 34.5 Å². The van der Waals surface area contributed by atoms with Crippen molar-refractivity contribution in [1.82, 2.24) is 4.98 Å². The van der Waals surface area contributed by atoms with Gasteiger partial charge in [0.1, 0.15) is 5.69 Å². The van der Waals surface area contributed by atoms with Crippen LogP contribution in [-0.2, 0) is 4.79 Å². The van der Waals surface area contributed by atoms with Gasteiger partial charge in [-0.3, -0.25) is 9.59 Å². The van der Waals surface area contributed by atoms with Crippen molar-refractivity contribution >= 4 is 17.4 Å². The molecule has 1 amide bonds. The Kier molecular flexibility index (Phi) is 6.11. The minimum Gasteiger partial charge on any atom is -0.326 e. The number of anilines is 1. The van der Waals surface area contributed by atoms with Crippen molar-refractivity contribution in [3.8, 4) is 11.8 Å². The number of amides is 1. The molecule has 3 aromatic rings. The number of carbonyl (C=O) groups is 2. The Hall–Kier alpha value is -3.71. The average molecular weight is 354 g/mol. The van der Waals surface area contributed by atoms with Gasteiger partial charge in [0, 0.05) is 35.9 Å². The fraction of sp³-hybridized carbons (Fsp3) is 0.0870. The van der Waals surface area contributed by atoms with Crippen LogP contribution in [0.3, 0.4) is 0 Å². The highest BCUT2D eigenvalue weighted by molar-refractivity contribution is 6.00. The van der Waals surface area contributed by atoms with Gasteiger partial charge in [0.15, 0.2) is 5.78 Å². The zero-order chi connectivity index (χ0) is 18.9. The molecule has 132 valence electrons. The molecule has 0 fully saturated rings. The van der Waals surface area contributed by atoms with E-state index in [9.17, 15) is 9.59 Å². The maximum absolute atomic E-state index is 12.1. The molecule has 0 aliphatic rings. The second-order valence-corrected chi connectivity index (χ2v) is 5.88. The second kappa shape index (κ2) is 9.12. The Labute approximate surface area is 158 Å². The SMILES string of the molecule is O=C(CCC(=O)c1ccccc1)Nc1cccc(C#Cc2ccccn2)c1. The monoisotopic (exact) mass is 354 g/mol. The lowest BCUT2D eigenvalue weighted by molar-refractivity contribution is -0.116. The average Bonchev–Trinajstić information content (AvgIpc) is 2.72. The molecule has 0 saturated carbocycles. The minimum atomic E-state index is -0.200. The quantitative estimate of drug-likeness (QED) is 0.555. The van der Waals surface area contributed by atoms with Crippen LogP contribution in [0.2, 0.25) is 0 Å². The molecular weight excluding hydrogens is 336 g/mol. The molecule has 1 aromatic heterocycles. The molecule has 0 atom stereocenters. The zero-order valence-electron chi connectivity index (χ0n) is 14.7. The highest BCUT2D eigenvalue weighted by Crippen LogP contribution is 2.12. The van der Waals surface area contributed by atoms with Crippen LogP contribution < -0.4 is 5.32 Å². The van der Waals surface area contributed by atoms with E-state index in [-0.39, 0.29) is 24.5 Å². The summed E-state index contributed by atoms with van der Waals surface area (Å²) in [6.45, 7) is 0. The van der Waals surface area contributed by atoms with E-state index in [2.05, 4.69) is 22.1 Å². The van der Waals surface area contributed by atoms with Gasteiger partial charge in [0.05, 0.1) is 0 Å². The smallest absolute Gasteiger partial charge is 0.224 e. The highest BCUT2D eigenvalue weighted by Gasteiger charge is 2.09. The van der Waals surface area contributed by atoms with E-state index < -0.39 is 0 Å². The molecule has 2 aromatic carbocycles. The van der Waals surface area contributed by atoms with Crippen LogP contribution in [0.15, 0.2) is 79.0 Å². The first-order chi connectivity index (χ1) is 13.2. The summed E-state index contributed by atoms with van der Waals surface area (Å²) >= 11 is 0. The predicted molar refractivity (Wildman–Crippen MR) is 105 cm³/mol.